The predicted octanol–water partition coefficient (Wildman–Crippen LogP) is 3.01. The van der Waals surface area contributed by atoms with Crippen LogP contribution in [0.2, 0.25) is 10.0 Å². The first-order chi connectivity index (χ1) is 10.1. The number of allylic oxidation sites excluding steroid dienone is 1. The zero-order chi connectivity index (χ0) is 14.8. The van der Waals surface area contributed by atoms with Crippen molar-refractivity contribution in [2.45, 2.75) is 31.5 Å². The van der Waals surface area contributed by atoms with Gasteiger partial charge in [-0.3, -0.25) is 0 Å². The van der Waals surface area contributed by atoms with Gasteiger partial charge in [0, 0.05) is 11.6 Å². The van der Waals surface area contributed by atoms with Crippen molar-refractivity contribution >= 4 is 34.2 Å². The van der Waals surface area contributed by atoms with Gasteiger partial charge in [-0.15, -0.1) is 0 Å². The molecule has 2 N–H and O–H groups in total. The van der Waals surface area contributed by atoms with Gasteiger partial charge in [0.25, 0.3) is 0 Å². The van der Waals surface area contributed by atoms with Crippen LogP contribution in [-0.4, -0.2) is 33.3 Å². The number of imidazole rings is 1. The van der Waals surface area contributed by atoms with Crippen LogP contribution >= 0.6 is 23.2 Å². The van der Waals surface area contributed by atoms with Crippen LogP contribution in [0.5, 0.6) is 0 Å². The van der Waals surface area contributed by atoms with E-state index in [-0.39, 0.29) is 12.1 Å². The Labute approximate surface area is 133 Å². The van der Waals surface area contributed by atoms with Crippen LogP contribution in [0, 0.1) is 0 Å². The lowest BCUT2D eigenvalue weighted by molar-refractivity contribution is 0.115. The van der Waals surface area contributed by atoms with Gasteiger partial charge in [-0.05, 0) is 31.5 Å². The number of nitrogens with one attached hydrogen (secondary N) is 1. The number of hydrogen-bond acceptors (Lipinski definition) is 3. The summed E-state index contributed by atoms with van der Waals surface area (Å²) in [4.78, 5) is 4.32. The van der Waals surface area contributed by atoms with Crippen LogP contribution in [0.1, 0.15) is 12.8 Å². The highest BCUT2D eigenvalue weighted by Gasteiger charge is 2.19. The number of nitrogens with zero attached hydrogens (tertiary/aromatic N) is 2. The van der Waals surface area contributed by atoms with E-state index in [1.54, 1.807) is 18.5 Å². The molecule has 0 aliphatic carbocycles. The lowest BCUT2D eigenvalue weighted by Gasteiger charge is -2.26. The molecule has 0 amide bonds. The molecule has 0 spiro atoms. The molecule has 112 valence electrons. The Hall–Kier alpha value is -1.07. The minimum absolute atomic E-state index is 0.0263. The second-order valence-electron chi connectivity index (χ2n) is 5.27. The lowest BCUT2D eigenvalue weighted by Crippen LogP contribution is -2.43. The smallest absolute Gasteiger partial charge is 0.0961 e. The third-order valence-corrected chi connectivity index (χ3v) is 4.25. The number of fused-ring (bicyclic) bond motifs is 1. The zero-order valence-corrected chi connectivity index (χ0v) is 13.0. The van der Waals surface area contributed by atoms with Gasteiger partial charge < -0.3 is 15.0 Å². The van der Waals surface area contributed by atoms with Crippen molar-refractivity contribution in [1.29, 1.82) is 0 Å². The second-order valence-corrected chi connectivity index (χ2v) is 6.11. The Bertz CT molecular complexity index is 668. The maximum Gasteiger partial charge on any atom is 0.0961 e. The first kappa shape index (κ1) is 14.9. The molecule has 1 fully saturated rings. The number of rotatable bonds is 3. The SMILES string of the molecule is O[C@H]1CCCN[C@@H]1/C=C/Cn1cnc2cc(Cl)cc(Cl)c21. The third-order valence-electron chi connectivity index (χ3n) is 3.75. The summed E-state index contributed by atoms with van der Waals surface area (Å²) in [7, 11) is 0. The summed E-state index contributed by atoms with van der Waals surface area (Å²) in [5.74, 6) is 0. The molecular weight excluding hydrogens is 309 g/mol. The number of hydrogen-bond donors (Lipinski definition) is 2. The van der Waals surface area contributed by atoms with Crippen molar-refractivity contribution < 1.29 is 5.11 Å². The Morgan fingerprint density at radius 1 is 1.43 bits per heavy atom. The van der Waals surface area contributed by atoms with Crippen LogP contribution in [0.4, 0.5) is 0 Å². The van der Waals surface area contributed by atoms with E-state index in [0.717, 1.165) is 30.4 Å². The van der Waals surface area contributed by atoms with Crippen molar-refractivity contribution in [1.82, 2.24) is 14.9 Å². The number of halogens is 2. The Kier molecular flexibility index (Phi) is 4.50. The maximum atomic E-state index is 9.90. The number of piperidine rings is 1. The molecular formula is C15H17Cl2N3O. The Morgan fingerprint density at radius 2 is 2.29 bits per heavy atom. The van der Waals surface area contributed by atoms with Gasteiger partial charge in [0.15, 0.2) is 0 Å². The maximum absolute atomic E-state index is 9.90. The summed E-state index contributed by atoms with van der Waals surface area (Å²) >= 11 is 12.2. The standard InChI is InChI=1S/C15H17Cl2N3O/c16-10-7-11(17)15-13(8-10)19-9-20(15)6-2-3-12-14(21)4-1-5-18-12/h2-3,7-9,12,14,18,21H,1,4-6H2/b3-2+/t12-,14+/m1/s1. The minimum atomic E-state index is -0.308. The fraction of sp³-hybridized carbons (Fsp3) is 0.400. The molecule has 0 bridgehead atoms. The van der Waals surface area contributed by atoms with Crippen LogP contribution in [0.3, 0.4) is 0 Å². The fourth-order valence-electron chi connectivity index (χ4n) is 2.68. The van der Waals surface area contributed by atoms with Crippen molar-refractivity contribution in [3.05, 3.63) is 40.7 Å². The summed E-state index contributed by atoms with van der Waals surface area (Å²) in [6.07, 6.45) is 7.35. The van der Waals surface area contributed by atoms with Gasteiger partial charge in [0.05, 0.1) is 34.5 Å². The van der Waals surface area contributed by atoms with Gasteiger partial charge in [0.2, 0.25) is 0 Å². The molecule has 2 atom stereocenters. The molecule has 2 heterocycles. The molecule has 0 radical (unpaired) electrons. The Balaban J connectivity index is 1.76. The normalized spacial score (nSPS) is 23.2. The highest BCUT2D eigenvalue weighted by Crippen LogP contribution is 2.27. The van der Waals surface area contributed by atoms with Gasteiger partial charge >= 0.3 is 0 Å². The van der Waals surface area contributed by atoms with Crippen molar-refractivity contribution in [3.8, 4) is 0 Å². The summed E-state index contributed by atoms with van der Waals surface area (Å²) in [5.41, 5.74) is 1.67. The summed E-state index contributed by atoms with van der Waals surface area (Å²) < 4.78 is 1.97. The van der Waals surface area contributed by atoms with Crippen LogP contribution in [0.25, 0.3) is 11.0 Å². The fourth-order valence-corrected chi connectivity index (χ4v) is 3.27. The van der Waals surface area contributed by atoms with E-state index >= 15 is 0 Å². The molecule has 21 heavy (non-hydrogen) atoms. The van der Waals surface area contributed by atoms with E-state index in [9.17, 15) is 5.11 Å². The van der Waals surface area contributed by atoms with E-state index in [1.807, 2.05) is 16.7 Å². The first-order valence-electron chi connectivity index (χ1n) is 7.03. The van der Waals surface area contributed by atoms with Crippen molar-refractivity contribution in [2.75, 3.05) is 6.54 Å². The summed E-state index contributed by atoms with van der Waals surface area (Å²) in [5, 5.41) is 14.4. The lowest BCUT2D eigenvalue weighted by atomic mass is 10.0. The average molecular weight is 326 g/mol. The van der Waals surface area contributed by atoms with Crippen LogP contribution in [-0.2, 0) is 6.54 Å². The quantitative estimate of drug-likeness (QED) is 0.853. The number of benzene rings is 1. The predicted molar refractivity (Wildman–Crippen MR) is 85.9 cm³/mol. The molecule has 0 unspecified atom stereocenters. The van der Waals surface area contributed by atoms with E-state index < -0.39 is 0 Å². The van der Waals surface area contributed by atoms with Gasteiger partial charge in [-0.2, -0.15) is 0 Å². The average Bonchev–Trinajstić information content (AvgIpc) is 2.84. The Morgan fingerprint density at radius 3 is 3.10 bits per heavy atom. The zero-order valence-electron chi connectivity index (χ0n) is 11.5. The molecule has 1 aromatic carbocycles. The van der Waals surface area contributed by atoms with Crippen LogP contribution < -0.4 is 5.32 Å². The van der Waals surface area contributed by atoms with Gasteiger partial charge in [-0.1, -0.05) is 35.4 Å². The molecule has 1 saturated heterocycles. The first-order valence-corrected chi connectivity index (χ1v) is 7.79. The highest BCUT2D eigenvalue weighted by atomic mass is 35.5. The molecule has 1 aromatic heterocycles. The molecule has 0 saturated carbocycles. The van der Waals surface area contributed by atoms with Crippen molar-refractivity contribution in [3.63, 3.8) is 0 Å². The molecule has 3 rings (SSSR count). The number of aliphatic hydroxyl groups is 1. The molecule has 1 aliphatic heterocycles. The second kappa shape index (κ2) is 6.36. The molecule has 2 aromatic rings. The molecule has 1 aliphatic rings. The largest absolute Gasteiger partial charge is 0.391 e. The van der Waals surface area contributed by atoms with E-state index in [1.165, 1.54) is 0 Å². The third kappa shape index (κ3) is 3.24. The van der Waals surface area contributed by atoms with Crippen molar-refractivity contribution in [2.24, 2.45) is 0 Å². The minimum Gasteiger partial charge on any atom is -0.391 e. The topological polar surface area (TPSA) is 50.1 Å². The number of aliphatic hydroxyl groups excluding tert-OH is 1. The van der Waals surface area contributed by atoms with E-state index in [0.29, 0.717) is 16.6 Å². The van der Waals surface area contributed by atoms with Crippen LogP contribution in [0.15, 0.2) is 30.6 Å². The van der Waals surface area contributed by atoms with E-state index in [4.69, 9.17) is 23.2 Å². The number of aromatic nitrogens is 2. The summed E-state index contributed by atoms with van der Waals surface area (Å²) in [6, 6.07) is 3.55. The molecule has 6 heteroatoms. The highest BCUT2D eigenvalue weighted by molar-refractivity contribution is 6.38. The monoisotopic (exact) mass is 325 g/mol. The molecule has 4 nitrogen and oxygen atoms in total. The van der Waals surface area contributed by atoms with Gasteiger partial charge in [0.1, 0.15) is 0 Å². The summed E-state index contributed by atoms with van der Waals surface area (Å²) in [6.45, 7) is 1.60. The van der Waals surface area contributed by atoms with Gasteiger partial charge in [-0.25, -0.2) is 4.98 Å². The van der Waals surface area contributed by atoms with E-state index in [2.05, 4.69) is 10.3 Å².